The Morgan fingerprint density at radius 2 is 1.78 bits per heavy atom. The maximum Gasteiger partial charge on any atom is 0.315 e. The lowest BCUT2D eigenvalue weighted by molar-refractivity contribution is -0.120. The Morgan fingerprint density at radius 3 is 2.48 bits per heavy atom. The molecule has 0 aliphatic rings. The zero-order valence-electron chi connectivity index (χ0n) is 16.3. The second-order valence-electron chi connectivity index (χ2n) is 6.50. The van der Waals surface area contributed by atoms with Crippen LogP contribution in [0, 0.1) is 13.8 Å². The molecule has 2 rings (SSSR count). The average molecular weight is 371 g/mol. The quantitative estimate of drug-likeness (QED) is 0.632. The lowest BCUT2D eigenvalue weighted by atomic mass is 10.2. The normalized spacial score (nSPS) is 10.5. The van der Waals surface area contributed by atoms with E-state index in [2.05, 4.69) is 33.2 Å². The molecule has 146 valence electrons. The van der Waals surface area contributed by atoms with Crippen LogP contribution in [-0.2, 0) is 17.9 Å². The Balaban J connectivity index is 1.81. The molecule has 7 heteroatoms. The molecule has 0 aliphatic carbocycles. The number of hydrogen-bond donors (Lipinski definition) is 3. The van der Waals surface area contributed by atoms with Crippen molar-refractivity contribution in [1.82, 2.24) is 25.7 Å². The fraction of sp³-hybridized carbons (Fsp3) is 0.450. The number of benzene rings is 1. The Kier molecular flexibility index (Phi) is 7.85. The van der Waals surface area contributed by atoms with Crippen molar-refractivity contribution in [3.8, 4) is 0 Å². The van der Waals surface area contributed by atoms with Crippen LogP contribution in [0.25, 0.3) is 0 Å². The Labute approximate surface area is 160 Å². The van der Waals surface area contributed by atoms with E-state index in [0.717, 1.165) is 23.4 Å². The fourth-order valence-corrected chi connectivity index (χ4v) is 2.77. The predicted molar refractivity (Wildman–Crippen MR) is 105 cm³/mol. The SMILES string of the molecule is CCCNC(=O)CCNC(=O)NCc1c(C)nn(Cc2ccccc2)c1C. The minimum atomic E-state index is -0.284. The Morgan fingerprint density at radius 1 is 1.04 bits per heavy atom. The number of urea groups is 1. The van der Waals surface area contributed by atoms with Gasteiger partial charge in [-0.05, 0) is 25.8 Å². The molecule has 0 saturated heterocycles. The zero-order chi connectivity index (χ0) is 19.6. The van der Waals surface area contributed by atoms with E-state index in [1.54, 1.807) is 0 Å². The van der Waals surface area contributed by atoms with Gasteiger partial charge in [-0.1, -0.05) is 37.3 Å². The highest BCUT2D eigenvalue weighted by atomic mass is 16.2. The van der Waals surface area contributed by atoms with E-state index in [1.807, 2.05) is 43.7 Å². The predicted octanol–water partition coefficient (Wildman–Crippen LogP) is 2.26. The molecule has 1 heterocycles. The molecule has 0 atom stereocenters. The summed E-state index contributed by atoms with van der Waals surface area (Å²) in [6, 6.07) is 9.86. The highest BCUT2D eigenvalue weighted by Crippen LogP contribution is 2.14. The van der Waals surface area contributed by atoms with Gasteiger partial charge >= 0.3 is 6.03 Å². The number of aryl methyl sites for hydroxylation is 1. The molecule has 0 fully saturated rings. The van der Waals surface area contributed by atoms with Gasteiger partial charge in [0.1, 0.15) is 0 Å². The number of carbonyl (C=O) groups excluding carboxylic acids is 2. The van der Waals surface area contributed by atoms with E-state index >= 15 is 0 Å². The number of carbonyl (C=O) groups is 2. The van der Waals surface area contributed by atoms with Crippen LogP contribution >= 0.6 is 0 Å². The van der Waals surface area contributed by atoms with Crippen molar-refractivity contribution in [1.29, 1.82) is 0 Å². The van der Waals surface area contributed by atoms with Gasteiger partial charge in [-0.15, -0.1) is 0 Å². The molecular formula is C20H29N5O2. The molecule has 0 saturated carbocycles. The molecule has 0 spiro atoms. The lowest BCUT2D eigenvalue weighted by Crippen LogP contribution is -2.37. The van der Waals surface area contributed by atoms with Crippen LogP contribution in [-0.4, -0.2) is 34.8 Å². The van der Waals surface area contributed by atoms with Crippen molar-refractivity contribution in [2.24, 2.45) is 0 Å². The average Bonchev–Trinajstić information content (AvgIpc) is 2.92. The van der Waals surface area contributed by atoms with Gasteiger partial charge < -0.3 is 16.0 Å². The van der Waals surface area contributed by atoms with Gasteiger partial charge in [0.25, 0.3) is 0 Å². The summed E-state index contributed by atoms with van der Waals surface area (Å²) in [6.45, 7) is 8.03. The first kappa shape index (κ1) is 20.5. The molecule has 3 amide bonds. The molecule has 27 heavy (non-hydrogen) atoms. The first-order valence-corrected chi connectivity index (χ1v) is 9.36. The van der Waals surface area contributed by atoms with Gasteiger partial charge in [0, 0.05) is 37.3 Å². The number of nitrogens with zero attached hydrogens (tertiary/aromatic N) is 2. The van der Waals surface area contributed by atoms with Gasteiger partial charge in [0.15, 0.2) is 0 Å². The number of aromatic nitrogens is 2. The highest BCUT2D eigenvalue weighted by molar-refractivity contribution is 5.78. The van der Waals surface area contributed by atoms with Crippen LogP contribution < -0.4 is 16.0 Å². The van der Waals surface area contributed by atoms with Gasteiger partial charge in [-0.3, -0.25) is 9.48 Å². The van der Waals surface area contributed by atoms with Crippen molar-refractivity contribution >= 4 is 11.9 Å². The van der Waals surface area contributed by atoms with Crippen LogP contribution in [0.1, 0.15) is 42.3 Å². The molecule has 7 nitrogen and oxygen atoms in total. The van der Waals surface area contributed by atoms with E-state index in [0.29, 0.717) is 26.2 Å². The summed E-state index contributed by atoms with van der Waals surface area (Å²) in [6.07, 6.45) is 1.18. The van der Waals surface area contributed by atoms with Crippen molar-refractivity contribution in [2.45, 2.75) is 46.7 Å². The first-order valence-electron chi connectivity index (χ1n) is 9.36. The number of hydrogen-bond acceptors (Lipinski definition) is 3. The van der Waals surface area contributed by atoms with Crippen molar-refractivity contribution in [3.05, 3.63) is 52.8 Å². The number of nitrogens with one attached hydrogen (secondary N) is 3. The van der Waals surface area contributed by atoms with Crippen LogP contribution in [0.3, 0.4) is 0 Å². The maximum absolute atomic E-state index is 12.0. The third-order valence-corrected chi connectivity index (χ3v) is 4.34. The van der Waals surface area contributed by atoms with Gasteiger partial charge in [-0.2, -0.15) is 5.10 Å². The standard InChI is InChI=1S/C20H29N5O2/c1-4-11-21-19(26)10-12-22-20(27)23-13-18-15(2)24-25(16(18)3)14-17-8-6-5-7-9-17/h5-9H,4,10-14H2,1-3H3,(H,21,26)(H2,22,23,27). The van der Waals surface area contributed by atoms with E-state index in [4.69, 9.17) is 0 Å². The molecule has 3 N–H and O–H groups in total. The van der Waals surface area contributed by atoms with Gasteiger partial charge in [-0.25, -0.2) is 4.79 Å². The third kappa shape index (κ3) is 6.44. The lowest BCUT2D eigenvalue weighted by Gasteiger charge is -2.09. The Bertz CT molecular complexity index is 755. The largest absolute Gasteiger partial charge is 0.356 e. The monoisotopic (exact) mass is 371 g/mol. The van der Waals surface area contributed by atoms with E-state index in [9.17, 15) is 9.59 Å². The Hall–Kier alpha value is -2.83. The molecule has 0 radical (unpaired) electrons. The summed E-state index contributed by atoms with van der Waals surface area (Å²) >= 11 is 0. The van der Waals surface area contributed by atoms with Crippen molar-refractivity contribution in [3.63, 3.8) is 0 Å². The van der Waals surface area contributed by atoms with Crippen molar-refractivity contribution in [2.75, 3.05) is 13.1 Å². The molecule has 0 unspecified atom stereocenters. The summed E-state index contributed by atoms with van der Waals surface area (Å²) < 4.78 is 1.96. The van der Waals surface area contributed by atoms with Crippen LogP contribution in [0.4, 0.5) is 4.79 Å². The molecule has 2 aromatic rings. The van der Waals surface area contributed by atoms with E-state index in [1.165, 1.54) is 5.56 Å². The third-order valence-electron chi connectivity index (χ3n) is 4.34. The molecule has 1 aromatic carbocycles. The molecule has 0 bridgehead atoms. The maximum atomic E-state index is 12.0. The summed E-state index contributed by atoms with van der Waals surface area (Å²) in [5, 5.41) is 12.9. The first-order chi connectivity index (χ1) is 13.0. The summed E-state index contributed by atoms with van der Waals surface area (Å²) in [5.74, 6) is -0.0500. The van der Waals surface area contributed by atoms with Gasteiger partial charge in [0.2, 0.25) is 5.91 Å². The smallest absolute Gasteiger partial charge is 0.315 e. The fourth-order valence-electron chi connectivity index (χ4n) is 2.77. The van der Waals surface area contributed by atoms with Crippen molar-refractivity contribution < 1.29 is 9.59 Å². The number of rotatable bonds is 9. The van der Waals surface area contributed by atoms with Gasteiger partial charge in [0.05, 0.1) is 12.2 Å². The zero-order valence-corrected chi connectivity index (χ0v) is 16.3. The second kappa shape index (κ2) is 10.4. The molecule has 0 aliphatic heterocycles. The minimum absolute atomic E-state index is 0.0500. The summed E-state index contributed by atoms with van der Waals surface area (Å²) in [4.78, 5) is 23.5. The van der Waals surface area contributed by atoms with Crippen LogP contribution in [0.5, 0.6) is 0 Å². The second-order valence-corrected chi connectivity index (χ2v) is 6.50. The molecular weight excluding hydrogens is 342 g/mol. The van der Waals surface area contributed by atoms with Crippen LogP contribution in [0.2, 0.25) is 0 Å². The number of amides is 3. The topological polar surface area (TPSA) is 88.1 Å². The summed E-state index contributed by atoms with van der Waals surface area (Å²) in [5.41, 5.74) is 4.14. The summed E-state index contributed by atoms with van der Waals surface area (Å²) in [7, 11) is 0. The van der Waals surface area contributed by atoms with E-state index in [-0.39, 0.29) is 18.4 Å². The van der Waals surface area contributed by atoms with E-state index < -0.39 is 0 Å². The molecule has 1 aromatic heterocycles. The highest BCUT2D eigenvalue weighted by Gasteiger charge is 2.13. The minimum Gasteiger partial charge on any atom is -0.356 e. The van der Waals surface area contributed by atoms with Crippen LogP contribution in [0.15, 0.2) is 30.3 Å².